The van der Waals surface area contributed by atoms with Crippen LogP contribution in [0.25, 0.3) is 0 Å². The lowest BCUT2D eigenvalue weighted by Crippen LogP contribution is -2.51. The molecule has 6 heteroatoms. The molecule has 0 aromatic heterocycles. The summed E-state index contributed by atoms with van der Waals surface area (Å²) in [6.07, 6.45) is 1.64. The van der Waals surface area contributed by atoms with Gasteiger partial charge in [0.15, 0.2) is 0 Å². The molecule has 1 aliphatic heterocycles. The second kappa shape index (κ2) is 7.99. The molecule has 23 heavy (non-hydrogen) atoms. The van der Waals surface area contributed by atoms with Gasteiger partial charge in [-0.05, 0) is 45.4 Å². The Labute approximate surface area is 140 Å². The highest BCUT2D eigenvalue weighted by molar-refractivity contribution is 5.82. The van der Waals surface area contributed by atoms with Crippen LogP contribution in [-0.4, -0.2) is 60.1 Å². The molecule has 1 fully saturated rings. The highest BCUT2D eigenvalue weighted by Gasteiger charge is 2.30. The first-order chi connectivity index (χ1) is 10.5. The second-order valence-corrected chi connectivity index (χ2v) is 7.92. The zero-order valence-corrected chi connectivity index (χ0v) is 15.5. The van der Waals surface area contributed by atoms with Crippen LogP contribution in [0.1, 0.15) is 47.5 Å². The Morgan fingerprint density at radius 2 is 1.96 bits per heavy atom. The maximum atomic E-state index is 12.4. The molecule has 0 aliphatic carbocycles. The molecule has 2 atom stereocenters. The number of piperidine rings is 1. The van der Waals surface area contributed by atoms with Gasteiger partial charge in [0, 0.05) is 26.7 Å². The van der Waals surface area contributed by atoms with Crippen LogP contribution in [0.4, 0.5) is 4.79 Å². The summed E-state index contributed by atoms with van der Waals surface area (Å²) in [6, 6.07) is -0.447. The molecule has 0 aromatic carbocycles. The van der Waals surface area contributed by atoms with Crippen molar-refractivity contribution in [3.63, 3.8) is 0 Å². The van der Waals surface area contributed by atoms with Crippen LogP contribution in [0, 0.1) is 11.8 Å². The molecule has 2 unspecified atom stereocenters. The molecule has 0 saturated carbocycles. The fourth-order valence-corrected chi connectivity index (χ4v) is 2.71. The number of hydrogen-bond donors (Lipinski definition) is 1. The van der Waals surface area contributed by atoms with E-state index in [2.05, 4.69) is 0 Å². The van der Waals surface area contributed by atoms with E-state index in [0.717, 1.165) is 19.4 Å². The van der Waals surface area contributed by atoms with Crippen molar-refractivity contribution in [1.29, 1.82) is 0 Å². The van der Waals surface area contributed by atoms with Gasteiger partial charge in [0.1, 0.15) is 5.60 Å². The summed E-state index contributed by atoms with van der Waals surface area (Å²) in [4.78, 5) is 27.9. The molecular weight excluding hydrogens is 294 g/mol. The van der Waals surface area contributed by atoms with Crippen LogP contribution in [0.3, 0.4) is 0 Å². The summed E-state index contributed by atoms with van der Waals surface area (Å²) in [5.41, 5.74) is 5.48. The molecular formula is C17H33N3O3. The highest BCUT2D eigenvalue weighted by Crippen LogP contribution is 2.20. The summed E-state index contributed by atoms with van der Waals surface area (Å²) in [5, 5.41) is 0. The van der Waals surface area contributed by atoms with Crippen LogP contribution in [0.5, 0.6) is 0 Å². The third kappa shape index (κ3) is 6.37. The standard InChI is InChI=1S/C17H33N3O3/c1-12(2)14(18)15(21)20-9-7-8-13(11-20)10-19(6)16(22)23-17(3,4)5/h12-14H,7-11,18H2,1-6H3. The predicted octanol–water partition coefficient (Wildman–Crippen LogP) is 2.08. The lowest BCUT2D eigenvalue weighted by molar-refractivity contribution is -0.135. The number of carbonyl (C=O) groups is 2. The first kappa shape index (κ1) is 19.7. The molecule has 6 nitrogen and oxygen atoms in total. The molecule has 1 aliphatic rings. The molecule has 0 aromatic rings. The van der Waals surface area contributed by atoms with Crippen molar-refractivity contribution >= 4 is 12.0 Å². The predicted molar refractivity (Wildman–Crippen MR) is 91.0 cm³/mol. The van der Waals surface area contributed by atoms with E-state index in [-0.39, 0.29) is 23.8 Å². The summed E-state index contributed by atoms with van der Waals surface area (Å²) in [6.45, 7) is 11.5. The Kier molecular flexibility index (Phi) is 6.86. The molecule has 134 valence electrons. The number of nitrogens with zero attached hydrogens (tertiary/aromatic N) is 2. The lowest BCUT2D eigenvalue weighted by atomic mass is 9.95. The van der Waals surface area contributed by atoms with E-state index in [1.54, 1.807) is 11.9 Å². The monoisotopic (exact) mass is 327 g/mol. The number of rotatable bonds is 4. The fourth-order valence-electron chi connectivity index (χ4n) is 2.71. The second-order valence-electron chi connectivity index (χ2n) is 7.92. The quantitative estimate of drug-likeness (QED) is 0.857. The largest absolute Gasteiger partial charge is 0.444 e. The average molecular weight is 327 g/mol. The Balaban J connectivity index is 2.55. The topological polar surface area (TPSA) is 75.9 Å². The molecule has 0 bridgehead atoms. The normalized spacial score (nSPS) is 20.3. The number of ether oxygens (including phenoxy) is 1. The van der Waals surface area contributed by atoms with Gasteiger partial charge in [-0.1, -0.05) is 13.8 Å². The maximum Gasteiger partial charge on any atom is 0.410 e. The van der Waals surface area contributed by atoms with Gasteiger partial charge in [-0.25, -0.2) is 4.79 Å². The highest BCUT2D eigenvalue weighted by atomic mass is 16.6. The Morgan fingerprint density at radius 3 is 2.48 bits per heavy atom. The summed E-state index contributed by atoms with van der Waals surface area (Å²) in [7, 11) is 1.74. The third-order valence-electron chi connectivity index (χ3n) is 4.07. The lowest BCUT2D eigenvalue weighted by Gasteiger charge is -2.36. The molecule has 0 spiro atoms. The third-order valence-corrected chi connectivity index (χ3v) is 4.07. The van der Waals surface area contributed by atoms with Crippen molar-refractivity contribution in [2.45, 2.75) is 59.1 Å². The minimum absolute atomic E-state index is 0.0182. The summed E-state index contributed by atoms with van der Waals surface area (Å²) < 4.78 is 5.37. The number of carbonyl (C=O) groups excluding carboxylic acids is 2. The van der Waals surface area contributed by atoms with E-state index in [1.807, 2.05) is 39.5 Å². The van der Waals surface area contributed by atoms with Crippen LogP contribution in [0.2, 0.25) is 0 Å². The fraction of sp³-hybridized carbons (Fsp3) is 0.882. The van der Waals surface area contributed by atoms with Gasteiger partial charge >= 0.3 is 6.09 Å². The Hall–Kier alpha value is -1.30. The zero-order chi connectivity index (χ0) is 17.8. The van der Waals surface area contributed by atoms with E-state index >= 15 is 0 Å². The average Bonchev–Trinajstić information content (AvgIpc) is 2.44. The molecule has 1 rings (SSSR count). The number of amides is 2. The van der Waals surface area contributed by atoms with E-state index < -0.39 is 11.6 Å². The Morgan fingerprint density at radius 1 is 1.35 bits per heavy atom. The SMILES string of the molecule is CC(C)C(N)C(=O)N1CCCC(CN(C)C(=O)OC(C)(C)C)C1. The van der Waals surface area contributed by atoms with Crippen LogP contribution in [0.15, 0.2) is 0 Å². The Bertz CT molecular complexity index is 418. The van der Waals surface area contributed by atoms with Gasteiger partial charge in [0.2, 0.25) is 5.91 Å². The van der Waals surface area contributed by atoms with E-state index in [9.17, 15) is 9.59 Å². The minimum Gasteiger partial charge on any atom is -0.444 e. The molecule has 2 amide bonds. The van der Waals surface area contributed by atoms with Crippen molar-refractivity contribution in [3.05, 3.63) is 0 Å². The first-order valence-corrected chi connectivity index (χ1v) is 8.49. The van der Waals surface area contributed by atoms with Gasteiger partial charge < -0.3 is 20.3 Å². The van der Waals surface area contributed by atoms with Crippen molar-refractivity contribution < 1.29 is 14.3 Å². The number of likely N-dealkylation sites (tertiary alicyclic amines) is 1. The molecule has 1 saturated heterocycles. The first-order valence-electron chi connectivity index (χ1n) is 8.49. The van der Waals surface area contributed by atoms with E-state index in [0.29, 0.717) is 13.1 Å². The van der Waals surface area contributed by atoms with Gasteiger partial charge in [0.05, 0.1) is 6.04 Å². The van der Waals surface area contributed by atoms with Gasteiger partial charge in [-0.15, -0.1) is 0 Å². The number of nitrogens with two attached hydrogens (primary N) is 1. The van der Waals surface area contributed by atoms with Gasteiger partial charge in [-0.2, -0.15) is 0 Å². The number of hydrogen-bond acceptors (Lipinski definition) is 4. The van der Waals surface area contributed by atoms with E-state index in [1.165, 1.54) is 0 Å². The van der Waals surface area contributed by atoms with Crippen LogP contribution < -0.4 is 5.73 Å². The van der Waals surface area contributed by atoms with Gasteiger partial charge in [-0.3, -0.25) is 4.79 Å². The van der Waals surface area contributed by atoms with Crippen molar-refractivity contribution in [1.82, 2.24) is 9.80 Å². The maximum absolute atomic E-state index is 12.4. The van der Waals surface area contributed by atoms with Gasteiger partial charge in [0.25, 0.3) is 0 Å². The van der Waals surface area contributed by atoms with Crippen molar-refractivity contribution in [3.8, 4) is 0 Å². The summed E-state index contributed by atoms with van der Waals surface area (Å²) >= 11 is 0. The van der Waals surface area contributed by atoms with Crippen LogP contribution in [-0.2, 0) is 9.53 Å². The summed E-state index contributed by atoms with van der Waals surface area (Å²) in [5.74, 6) is 0.418. The zero-order valence-electron chi connectivity index (χ0n) is 15.5. The van der Waals surface area contributed by atoms with Crippen LogP contribution >= 0.6 is 0 Å². The molecule has 1 heterocycles. The molecule has 0 radical (unpaired) electrons. The smallest absolute Gasteiger partial charge is 0.410 e. The molecule has 2 N–H and O–H groups in total. The van der Waals surface area contributed by atoms with Crippen molar-refractivity contribution in [2.24, 2.45) is 17.6 Å². The van der Waals surface area contributed by atoms with Crippen molar-refractivity contribution in [2.75, 3.05) is 26.7 Å². The minimum atomic E-state index is -0.496. The van der Waals surface area contributed by atoms with E-state index in [4.69, 9.17) is 10.5 Å².